The number of nitrogens with one attached hydrogen (secondary N) is 1. The van der Waals surface area contributed by atoms with Crippen molar-refractivity contribution in [2.24, 2.45) is 0 Å². The predicted octanol–water partition coefficient (Wildman–Crippen LogP) is 0.226. The first-order chi connectivity index (χ1) is 7.54. The van der Waals surface area contributed by atoms with Crippen LogP contribution in [0.3, 0.4) is 0 Å². The SMILES string of the molecule is C=CCN(CC(=O)O)C(C)C(=O)NC1CC1. The van der Waals surface area contributed by atoms with E-state index in [0.29, 0.717) is 12.6 Å². The normalized spacial score (nSPS) is 16.9. The van der Waals surface area contributed by atoms with Crippen molar-refractivity contribution in [2.45, 2.75) is 31.8 Å². The van der Waals surface area contributed by atoms with Crippen molar-refractivity contribution in [3.8, 4) is 0 Å². The molecule has 0 heterocycles. The zero-order valence-electron chi connectivity index (χ0n) is 9.48. The zero-order valence-corrected chi connectivity index (χ0v) is 9.48. The Hall–Kier alpha value is -1.36. The van der Waals surface area contributed by atoms with Gasteiger partial charge in [0, 0.05) is 12.6 Å². The van der Waals surface area contributed by atoms with Crippen LogP contribution in [0.25, 0.3) is 0 Å². The maximum Gasteiger partial charge on any atom is 0.317 e. The standard InChI is InChI=1S/C11H18N2O3/c1-3-6-13(7-10(14)15)8(2)11(16)12-9-4-5-9/h3,8-9H,1,4-7H2,2H3,(H,12,16)(H,14,15). The Morgan fingerprint density at radius 3 is 2.69 bits per heavy atom. The zero-order chi connectivity index (χ0) is 12.1. The predicted molar refractivity (Wildman–Crippen MR) is 60.0 cm³/mol. The van der Waals surface area contributed by atoms with E-state index in [2.05, 4.69) is 11.9 Å². The molecule has 16 heavy (non-hydrogen) atoms. The third kappa shape index (κ3) is 4.02. The summed E-state index contributed by atoms with van der Waals surface area (Å²) in [7, 11) is 0. The van der Waals surface area contributed by atoms with E-state index in [9.17, 15) is 9.59 Å². The molecule has 0 aliphatic heterocycles. The van der Waals surface area contributed by atoms with E-state index in [1.54, 1.807) is 17.9 Å². The lowest BCUT2D eigenvalue weighted by atomic mass is 10.2. The second-order valence-corrected chi connectivity index (χ2v) is 4.07. The van der Waals surface area contributed by atoms with Crippen LogP contribution in [0.15, 0.2) is 12.7 Å². The molecular formula is C11H18N2O3. The van der Waals surface area contributed by atoms with Crippen LogP contribution in [0.1, 0.15) is 19.8 Å². The lowest BCUT2D eigenvalue weighted by molar-refractivity contribution is -0.139. The molecule has 1 amide bonds. The quantitative estimate of drug-likeness (QED) is 0.609. The number of carbonyl (C=O) groups is 2. The molecule has 5 nitrogen and oxygen atoms in total. The molecule has 0 bridgehead atoms. The Morgan fingerprint density at radius 1 is 1.62 bits per heavy atom. The summed E-state index contributed by atoms with van der Waals surface area (Å²) in [5.74, 6) is -1.04. The number of carbonyl (C=O) groups excluding carboxylic acids is 1. The molecule has 1 rings (SSSR count). The summed E-state index contributed by atoms with van der Waals surface area (Å²) in [5, 5.41) is 11.6. The van der Waals surface area contributed by atoms with Crippen molar-refractivity contribution in [3.05, 3.63) is 12.7 Å². The number of carboxylic acid groups (broad SMARTS) is 1. The van der Waals surface area contributed by atoms with Gasteiger partial charge in [-0.1, -0.05) is 6.08 Å². The number of hydrogen-bond acceptors (Lipinski definition) is 3. The van der Waals surface area contributed by atoms with Gasteiger partial charge in [0.05, 0.1) is 12.6 Å². The highest BCUT2D eigenvalue weighted by molar-refractivity contribution is 5.82. The maximum atomic E-state index is 11.7. The average molecular weight is 226 g/mol. The molecule has 0 aromatic carbocycles. The fourth-order valence-electron chi connectivity index (χ4n) is 1.41. The first kappa shape index (κ1) is 12.7. The molecule has 0 radical (unpaired) electrons. The van der Waals surface area contributed by atoms with Crippen molar-refractivity contribution in [1.82, 2.24) is 10.2 Å². The second-order valence-electron chi connectivity index (χ2n) is 4.07. The number of nitrogens with zero attached hydrogens (tertiary/aromatic N) is 1. The van der Waals surface area contributed by atoms with Crippen molar-refractivity contribution in [3.63, 3.8) is 0 Å². The molecule has 1 atom stereocenters. The van der Waals surface area contributed by atoms with E-state index in [1.807, 2.05) is 0 Å². The molecule has 90 valence electrons. The Labute approximate surface area is 95.1 Å². The van der Waals surface area contributed by atoms with Crippen LogP contribution >= 0.6 is 0 Å². The average Bonchev–Trinajstić information content (AvgIpc) is 2.99. The van der Waals surface area contributed by atoms with Crippen molar-refractivity contribution < 1.29 is 14.7 Å². The Balaban J connectivity index is 2.49. The molecule has 1 unspecified atom stereocenters. The summed E-state index contributed by atoms with van der Waals surface area (Å²) >= 11 is 0. The van der Waals surface area contributed by atoms with Gasteiger partial charge >= 0.3 is 5.97 Å². The van der Waals surface area contributed by atoms with Gasteiger partial charge in [-0.3, -0.25) is 14.5 Å². The van der Waals surface area contributed by atoms with E-state index in [4.69, 9.17) is 5.11 Å². The van der Waals surface area contributed by atoms with E-state index >= 15 is 0 Å². The topological polar surface area (TPSA) is 69.6 Å². The van der Waals surface area contributed by atoms with Crippen LogP contribution in [0.2, 0.25) is 0 Å². The highest BCUT2D eigenvalue weighted by atomic mass is 16.4. The smallest absolute Gasteiger partial charge is 0.317 e. The summed E-state index contributed by atoms with van der Waals surface area (Å²) < 4.78 is 0. The molecule has 1 aliphatic carbocycles. The first-order valence-electron chi connectivity index (χ1n) is 5.41. The fourth-order valence-corrected chi connectivity index (χ4v) is 1.41. The lowest BCUT2D eigenvalue weighted by Crippen LogP contribution is -2.47. The van der Waals surface area contributed by atoms with Crippen LogP contribution in [0.5, 0.6) is 0 Å². The molecule has 1 fully saturated rings. The number of hydrogen-bond donors (Lipinski definition) is 2. The van der Waals surface area contributed by atoms with Gasteiger partial charge in [0.15, 0.2) is 0 Å². The molecule has 0 aromatic rings. The minimum absolute atomic E-state index is 0.106. The van der Waals surface area contributed by atoms with Gasteiger partial charge < -0.3 is 10.4 Å². The summed E-state index contributed by atoms with van der Waals surface area (Å²) in [6.07, 6.45) is 3.65. The van der Waals surface area contributed by atoms with Gasteiger partial charge in [0.1, 0.15) is 0 Å². The Kier molecular flexibility index (Phi) is 4.49. The van der Waals surface area contributed by atoms with E-state index in [1.165, 1.54) is 0 Å². The van der Waals surface area contributed by atoms with Gasteiger partial charge in [-0.05, 0) is 19.8 Å². The van der Waals surface area contributed by atoms with Gasteiger partial charge in [-0.25, -0.2) is 0 Å². The Bertz CT molecular complexity index is 287. The lowest BCUT2D eigenvalue weighted by Gasteiger charge is -2.25. The fraction of sp³-hybridized carbons (Fsp3) is 0.636. The minimum Gasteiger partial charge on any atom is -0.480 e. The van der Waals surface area contributed by atoms with E-state index < -0.39 is 12.0 Å². The van der Waals surface area contributed by atoms with E-state index in [0.717, 1.165) is 12.8 Å². The summed E-state index contributed by atoms with van der Waals surface area (Å²) in [4.78, 5) is 23.9. The molecule has 0 spiro atoms. The highest BCUT2D eigenvalue weighted by Gasteiger charge is 2.28. The van der Waals surface area contributed by atoms with Crippen LogP contribution < -0.4 is 5.32 Å². The van der Waals surface area contributed by atoms with Crippen LogP contribution in [-0.2, 0) is 9.59 Å². The summed E-state index contributed by atoms with van der Waals surface area (Å²) in [6.45, 7) is 5.52. The number of carboxylic acids is 1. The minimum atomic E-state index is -0.937. The first-order valence-corrected chi connectivity index (χ1v) is 5.41. The number of amides is 1. The third-order valence-corrected chi connectivity index (χ3v) is 2.55. The van der Waals surface area contributed by atoms with Crippen LogP contribution in [0, 0.1) is 0 Å². The molecule has 0 saturated heterocycles. The Morgan fingerprint density at radius 2 is 2.25 bits per heavy atom. The monoisotopic (exact) mass is 226 g/mol. The molecule has 5 heteroatoms. The largest absolute Gasteiger partial charge is 0.480 e. The number of aliphatic carboxylic acids is 1. The highest BCUT2D eigenvalue weighted by Crippen LogP contribution is 2.19. The summed E-state index contributed by atoms with van der Waals surface area (Å²) in [5.41, 5.74) is 0. The van der Waals surface area contributed by atoms with Crippen molar-refractivity contribution in [2.75, 3.05) is 13.1 Å². The molecule has 1 aliphatic rings. The van der Waals surface area contributed by atoms with Crippen molar-refractivity contribution >= 4 is 11.9 Å². The molecule has 2 N–H and O–H groups in total. The number of rotatable bonds is 7. The van der Waals surface area contributed by atoms with Crippen molar-refractivity contribution in [1.29, 1.82) is 0 Å². The molecule has 0 aromatic heterocycles. The van der Waals surface area contributed by atoms with Gasteiger partial charge in [0.2, 0.25) is 5.91 Å². The van der Waals surface area contributed by atoms with Crippen LogP contribution in [-0.4, -0.2) is 47.1 Å². The van der Waals surface area contributed by atoms with Gasteiger partial charge in [-0.2, -0.15) is 0 Å². The summed E-state index contributed by atoms with van der Waals surface area (Å²) in [6, 6.07) is -0.139. The van der Waals surface area contributed by atoms with Gasteiger partial charge in [-0.15, -0.1) is 6.58 Å². The molecule has 1 saturated carbocycles. The third-order valence-electron chi connectivity index (χ3n) is 2.55. The van der Waals surface area contributed by atoms with Gasteiger partial charge in [0.25, 0.3) is 0 Å². The maximum absolute atomic E-state index is 11.7. The molecular weight excluding hydrogens is 208 g/mol. The second kappa shape index (κ2) is 5.65. The van der Waals surface area contributed by atoms with Crippen LogP contribution in [0.4, 0.5) is 0 Å². The van der Waals surface area contributed by atoms with E-state index in [-0.39, 0.29) is 12.5 Å².